The molecule has 1 aliphatic heterocycles. The van der Waals surface area contributed by atoms with Gasteiger partial charge < -0.3 is 16.2 Å². The van der Waals surface area contributed by atoms with Gasteiger partial charge in [-0.2, -0.15) is 0 Å². The topological polar surface area (TPSA) is 81.6 Å². The van der Waals surface area contributed by atoms with Gasteiger partial charge in [0.05, 0.1) is 18.8 Å². The van der Waals surface area contributed by atoms with E-state index >= 15 is 0 Å². The molecule has 1 heterocycles. The highest BCUT2D eigenvalue weighted by Gasteiger charge is 2.46. The van der Waals surface area contributed by atoms with E-state index < -0.39 is 5.54 Å². The van der Waals surface area contributed by atoms with Gasteiger partial charge in [0.15, 0.2) is 0 Å². The van der Waals surface area contributed by atoms with E-state index in [2.05, 4.69) is 18.7 Å². The van der Waals surface area contributed by atoms with Gasteiger partial charge >= 0.3 is 0 Å². The van der Waals surface area contributed by atoms with Gasteiger partial charge in [-0.15, -0.1) is 0 Å². The number of morpholine rings is 1. The zero-order valence-electron chi connectivity index (χ0n) is 10.7. The summed E-state index contributed by atoms with van der Waals surface area (Å²) in [5, 5.41) is 0. The number of carbonyl (C=O) groups excluding carboxylic acids is 1. The van der Waals surface area contributed by atoms with Crippen molar-refractivity contribution in [3.8, 4) is 0 Å². The van der Waals surface area contributed by atoms with E-state index in [1.54, 1.807) is 0 Å². The number of carbonyl (C=O) groups is 1. The van der Waals surface area contributed by atoms with E-state index in [1.807, 2.05) is 0 Å². The molecule has 0 bridgehead atoms. The average Bonchev–Trinajstić information content (AvgIpc) is 2.61. The summed E-state index contributed by atoms with van der Waals surface area (Å²) in [6.07, 6.45) is 2.31. The van der Waals surface area contributed by atoms with E-state index in [0.29, 0.717) is 18.9 Å². The summed E-state index contributed by atoms with van der Waals surface area (Å²) >= 11 is 0. The fraction of sp³-hybridized carbons (Fsp3) is 0.917. The van der Waals surface area contributed by atoms with E-state index in [9.17, 15) is 4.79 Å². The minimum absolute atomic E-state index is 0.0197. The molecule has 0 aromatic rings. The summed E-state index contributed by atoms with van der Waals surface area (Å²) in [5.41, 5.74) is 10.7. The monoisotopic (exact) mass is 241 g/mol. The van der Waals surface area contributed by atoms with Crippen LogP contribution in [0.4, 0.5) is 0 Å². The van der Waals surface area contributed by atoms with Crippen molar-refractivity contribution in [2.24, 2.45) is 11.5 Å². The van der Waals surface area contributed by atoms with Gasteiger partial charge in [-0.3, -0.25) is 9.69 Å². The minimum atomic E-state index is -0.806. The quantitative estimate of drug-likeness (QED) is 0.703. The molecule has 1 aliphatic carbocycles. The molecule has 5 heteroatoms. The second kappa shape index (κ2) is 4.23. The smallest absolute Gasteiger partial charge is 0.237 e. The standard InChI is InChI=1S/C12H23N3O2/c1-11(2)8-17-6-5-15(11)9-3-4-12(14,7-9)10(13)16/h9H,3-8,14H2,1-2H3,(H2,13,16). The number of nitrogens with zero attached hydrogens (tertiary/aromatic N) is 1. The Morgan fingerprint density at radius 3 is 2.71 bits per heavy atom. The first kappa shape index (κ1) is 12.8. The molecule has 2 rings (SSSR count). The second-order valence-electron chi connectivity index (χ2n) is 5.98. The first-order valence-electron chi connectivity index (χ1n) is 6.28. The first-order valence-corrected chi connectivity index (χ1v) is 6.28. The Labute approximate surface area is 102 Å². The molecule has 4 N–H and O–H groups in total. The maximum absolute atomic E-state index is 11.4. The van der Waals surface area contributed by atoms with E-state index in [-0.39, 0.29) is 11.4 Å². The Balaban J connectivity index is 2.07. The number of ether oxygens (including phenoxy) is 1. The zero-order chi connectivity index (χ0) is 12.7. The van der Waals surface area contributed by atoms with Crippen molar-refractivity contribution >= 4 is 5.91 Å². The number of amides is 1. The van der Waals surface area contributed by atoms with Crippen molar-refractivity contribution in [2.75, 3.05) is 19.8 Å². The van der Waals surface area contributed by atoms with Crippen LogP contribution in [-0.4, -0.2) is 47.7 Å². The summed E-state index contributed by atoms with van der Waals surface area (Å²) in [5.74, 6) is -0.369. The first-order chi connectivity index (χ1) is 7.85. The van der Waals surface area contributed by atoms with E-state index in [1.165, 1.54) is 0 Å². The normalized spacial score (nSPS) is 38.2. The van der Waals surface area contributed by atoms with Crippen molar-refractivity contribution in [3.63, 3.8) is 0 Å². The van der Waals surface area contributed by atoms with Gasteiger partial charge in [0, 0.05) is 18.1 Å². The zero-order valence-corrected chi connectivity index (χ0v) is 10.7. The Bertz CT molecular complexity index is 319. The van der Waals surface area contributed by atoms with Gasteiger partial charge in [0.1, 0.15) is 0 Å². The van der Waals surface area contributed by atoms with Gasteiger partial charge in [0.25, 0.3) is 0 Å². The number of rotatable bonds is 2. The van der Waals surface area contributed by atoms with E-state index in [0.717, 1.165) is 26.2 Å². The van der Waals surface area contributed by atoms with Crippen molar-refractivity contribution < 1.29 is 9.53 Å². The molecule has 0 spiro atoms. The molecule has 1 amide bonds. The molecular formula is C12H23N3O2. The highest BCUT2D eigenvalue weighted by molar-refractivity contribution is 5.84. The van der Waals surface area contributed by atoms with Crippen LogP contribution in [0.3, 0.4) is 0 Å². The van der Waals surface area contributed by atoms with Gasteiger partial charge in [-0.1, -0.05) is 0 Å². The van der Waals surface area contributed by atoms with Crippen LogP contribution in [0.2, 0.25) is 0 Å². The van der Waals surface area contributed by atoms with Crippen molar-refractivity contribution in [3.05, 3.63) is 0 Å². The summed E-state index contributed by atoms with van der Waals surface area (Å²) in [4.78, 5) is 13.8. The lowest BCUT2D eigenvalue weighted by atomic mass is 9.95. The van der Waals surface area contributed by atoms with Crippen LogP contribution in [-0.2, 0) is 9.53 Å². The molecular weight excluding hydrogens is 218 g/mol. The van der Waals surface area contributed by atoms with Gasteiger partial charge in [-0.05, 0) is 33.1 Å². The molecule has 0 aromatic carbocycles. The molecule has 17 heavy (non-hydrogen) atoms. The van der Waals surface area contributed by atoms with Gasteiger partial charge in [-0.25, -0.2) is 0 Å². The highest BCUT2D eigenvalue weighted by Crippen LogP contribution is 2.35. The van der Waals surface area contributed by atoms with Crippen molar-refractivity contribution in [1.29, 1.82) is 0 Å². The molecule has 2 aliphatic rings. The van der Waals surface area contributed by atoms with Crippen LogP contribution in [0.25, 0.3) is 0 Å². The molecule has 2 unspecified atom stereocenters. The third-order valence-corrected chi connectivity index (χ3v) is 4.16. The molecule has 98 valence electrons. The van der Waals surface area contributed by atoms with Crippen LogP contribution in [0.15, 0.2) is 0 Å². The highest BCUT2D eigenvalue weighted by atomic mass is 16.5. The predicted molar refractivity (Wildman–Crippen MR) is 65.4 cm³/mol. The lowest BCUT2D eigenvalue weighted by molar-refractivity contribution is -0.123. The molecule has 1 saturated heterocycles. The SMILES string of the molecule is CC1(C)COCCN1C1CCC(N)(C(N)=O)C1. The Morgan fingerprint density at radius 2 is 2.18 bits per heavy atom. The van der Waals surface area contributed by atoms with Crippen LogP contribution in [0.1, 0.15) is 33.1 Å². The number of hydrogen-bond donors (Lipinski definition) is 2. The molecule has 2 atom stereocenters. The Hall–Kier alpha value is -0.650. The fourth-order valence-electron chi connectivity index (χ4n) is 3.09. The van der Waals surface area contributed by atoms with Crippen LogP contribution in [0, 0.1) is 0 Å². The molecule has 0 aromatic heterocycles. The lowest BCUT2D eigenvalue weighted by Gasteiger charge is -2.46. The summed E-state index contributed by atoms with van der Waals surface area (Å²) in [6.45, 7) is 6.75. The summed E-state index contributed by atoms with van der Waals surface area (Å²) in [6, 6.07) is 0.353. The van der Waals surface area contributed by atoms with E-state index in [4.69, 9.17) is 16.2 Å². The Morgan fingerprint density at radius 1 is 1.47 bits per heavy atom. The summed E-state index contributed by atoms with van der Waals surface area (Å²) < 4.78 is 5.51. The minimum Gasteiger partial charge on any atom is -0.378 e. The van der Waals surface area contributed by atoms with Crippen LogP contribution < -0.4 is 11.5 Å². The van der Waals surface area contributed by atoms with Crippen molar-refractivity contribution in [1.82, 2.24) is 4.90 Å². The average molecular weight is 241 g/mol. The third kappa shape index (κ3) is 2.32. The number of nitrogens with two attached hydrogens (primary N) is 2. The molecule has 1 saturated carbocycles. The maximum Gasteiger partial charge on any atom is 0.237 e. The largest absolute Gasteiger partial charge is 0.378 e. The van der Waals surface area contributed by atoms with Crippen molar-refractivity contribution in [2.45, 2.75) is 50.2 Å². The summed E-state index contributed by atoms with van der Waals surface area (Å²) in [7, 11) is 0. The second-order valence-corrected chi connectivity index (χ2v) is 5.98. The van der Waals surface area contributed by atoms with Crippen LogP contribution >= 0.6 is 0 Å². The third-order valence-electron chi connectivity index (χ3n) is 4.16. The molecule has 5 nitrogen and oxygen atoms in total. The maximum atomic E-state index is 11.4. The fourth-order valence-corrected chi connectivity index (χ4v) is 3.09. The number of primary amides is 1. The van der Waals surface area contributed by atoms with Gasteiger partial charge in [0.2, 0.25) is 5.91 Å². The molecule has 2 fully saturated rings. The number of hydrogen-bond acceptors (Lipinski definition) is 4. The van der Waals surface area contributed by atoms with Crippen LogP contribution in [0.5, 0.6) is 0 Å². The Kier molecular flexibility index (Phi) is 3.18. The molecule has 0 radical (unpaired) electrons. The predicted octanol–water partition coefficient (Wildman–Crippen LogP) is -0.167. The lowest BCUT2D eigenvalue weighted by Crippen LogP contribution is -2.58.